The van der Waals surface area contributed by atoms with Crippen molar-refractivity contribution in [3.8, 4) is 0 Å². The second kappa shape index (κ2) is 8.76. The van der Waals surface area contributed by atoms with Gasteiger partial charge in [0, 0.05) is 56.9 Å². The van der Waals surface area contributed by atoms with E-state index in [9.17, 15) is 18.0 Å². The number of piperidine rings is 1. The molecule has 0 bridgehead atoms. The van der Waals surface area contributed by atoms with Crippen LogP contribution in [0.5, 0.6) is 0 Å². The highest BCUT2D eigenvalue weighted by Gasteiger charge is 2.46. The molecule has 3 rings (SSSR count). The Morgan fingerprint density at radius 3 is 2.43 bits per heavy atom. The van der Waals surface area contributed by atoms with Gasteiger partial charge in [0.15, 0.2) is 0 Å². The highest BCUT2D eigenvalue weighted by atomic mass is 19.4. The standard InChI is InChI=1S/C16H24N4O.C2HF3O2/c1-3-8-20-15(21)4-5-16(20)6-9-19(10-7-16)13-14-11-17-18(2)12-14;3-2(4,5)1(6)7/h3,11-12H,1,4-10,13H2,2H3;(H,6,7). The van der Waals surface area contributed by atoms with Gasteiger partial charge in [0.2, 0.25) is 5.91 Å². The van der Waals surface area contributed by atoms with Gasteiger partial charge in [-0.15, -0.1) is 6.58 Å². The Bertz CT molecular complexity index is 709. The number of hydrogen-bond acceptors (Lipinski definition) is 4. The van der Waals surface area contributed by atoms with Crippen LogP contribution in [-0.2, 0) is 23.2 Å². The molecule has 0 unspecified atom stereocenters. The van der Waals surface area contributed by atoms with Crippen molar-refractivity contribution in [2.24, 2.45) is 7.05 Å². The van der Waals surface area contributed by atoms with E-state index in [4.69, 9.17) is 9.90 Å². The van der Waals surface area contributed by atoms with Crippen molar-refractivity contribution in [3.63, 3.8) is 0 Å². The minimum absolute atomic E-state index is 0.0940. The van der Waals surface area contributed by atoms with Crippen LogP contribution < -0.4 is 0 Å². The van der Waals surface area contributed by atoms with Gasteiger partial charge in [-0.2, -0.15) is 18.3 Å². The summed E-state index contributed by atoms with van der Waals surface area (Å²) >= 11 is 0. The average Bonchev–Trinajstić information content (AvgIpc) is 3.15. The van der Waals surface area contributed by atoms with Gasteiger partial charge < -0.3 is 10.0 Å². The summed E-state index contributed by atoms with van der Waals surface area (Å²) in [5, 5.41) is 11.4. The lowest BCUT2D eigenvalue weighted by Gasteiger charge is -2.44. The summed E-state index contributed by atoms with van der Waals surface area (Å²) in [5.74, 6) is -2.46. The normalized spacial score (nSPS) is 19.4. The second-order valence-corrected chi connectivity index (χ2v) is 7.12. The van der Waals surface area contributed by atoms with E-state index >= 15 is 0 Å². The maximum Gasteiger partial charge on any atom is 0.490 e. The third kappa shape index (κ3) is 5.34. The largest absolute Gasteiger partial charge is 0.490 e. The number of amides is 1. The number of alkyl halides is 3. The van der Waals surface area contributed by atoms with E-state index in [1.165, 1.54) is 5.56 Å². The first-order chi connectivity index (χ1) is 13.1. The van der Waals surface area contributed by atoms with E-state index in [1.54, 1.807) is 0 Å². The van der Waals surface area contributed by atoms with Crippen molar-refractivity contribution in [3.05, 3.63) is 30.6 Å². The van der Waals surface area contributed by atoms with Gasteiger partial charge in [0.1, 0.15) is 0 Å². The second-order valence-electron chi connectivity index (χ2n) is 7.12. The number of likely N-dealkylation sites (tertiary alicyclic amines) is 2. The summed E-state index contributed by atoms with van der Waals surface area (Å²) in [6.07, 6.45) is 4.66. The highest BCUT2D eigenvalue weighted by molar-refractivity contribution is 5.80. The molecular weight excluding hydrogens is 377 g/mol. The van der Waals surface area contributed by atoms with Crippen molar-refractivity contribution in [1.29, 1.82) is 0 Å². The fourth-order valence-electron chi connectivity index (χ4n) is 3.76. The van der Waals surface area contributed by atoms with Gasteiger partial charge in [0.25, 0.3) is 0 Å². The number of nitrogens with zero attached hydrogens (tertiary/aromatic N) is 4. The molecule has 10 heteroatoms. The maximum atomic E-state index is 12.1. The van der Waals surface area contributed by atoms with Gasteiger partial charge in [-0.1, -0.05) is 6.08 Å². The van der Waals surface area contributed by atoms with Gasteiger partial charge in [-0.25, -0.2) is 4.79 Å². The van der Waals surface area contributed by atoms with Crippen molar-refractivity contribution >= 4 is 11.9 Å². The Kier molecular flexibility index (Phi) is 6.87. The van der Waals surface area contributed by atoms with Crippen LogP contribution in [0.3, 0.4) is 0 Å². The molecule has 1 amide bonds. The van der Waals surface area contributed by atoms with Crippen LogP contribution in [0.25, 0.3) is 0 Å². The number of carboxylic acids is 1. The zero-order valence-corrected chi connectivity index (χ0v) is 15.8. The monoisotopic (exact) mass is 402 g/mol. The number of carbonyl (C=O) groups excluding carboxylic acids is 1. The quantitative estimate of drug-likeness (QED) is 0.782. The van der Waals surface area contributed by atoms with Crippen LogP contribution in [0.4, 0.5) is 13.2 Å². The molecule has 1 spiro atoms. The molecule has 2 saturated heterocycles. The summed E-state index contributed by atoms with van der Waals surface area (Å²) in [6, 6.07) is 0. The third-order valence-corrected chi connectivity index (χ3v) is 5.18. The molecule has 7 nitrogen and oxygen atoms in total. The zero-order valence-electron chi connectivity index (χ0n) is 15.8. The summed E-state index contributed by atoms with van der Waals surface area (Å²) in [7, 11) is 1.95. The van der Waals surface area contributed by atoms with Crippen LogP contribution in [0.15, 0.2) is 25.0 Å². The minimum atomic E-state index is -5.08. The predicted octanol–water partition coefficient (Wildman–Crippen LogP) is 2.20. The number of carboxylic acid groups (broad SMARTS) is 1. The number of halogens is 3. The van der Waals surface area contributed by atoms with Gasteiger partial charge >= 0.3 is 12.1 Å². The average molecular weight is 402 g/mol. The number of aromatic nitrogens is 2. The van der Waals surface area contributed by atoms with E-state index in [1.807, 2.05) is 24.0 Å². The van der Waals surface area contributed by atoms with Crippen molar-refractivity contribution in [1.82, 2.24) is 19.6 Å². The van der Waals surface area contributed by atoms with Crippen molar-refractivity contribution < 1.29 is 27.9 Å². The molecule has 0 aromatic carbocycles. The van der Waals surface area contributed by atoms with Crippen molar-refractivity contribution in [2.75, 3.05) is 19.6 Å². The SMILES string of the molecule is C=CCN1C(=O)CCC12CCN(Cc1cnn(C)c1)CC2.O=C(O)C(F)(F)F. The molecule has 2 aliphatic heterocycles. The van der Waals surface area contributed by atoms with E-state index < -0.39 is 12.1 Å². The molecule has 1 N–H and O–H groups in total. The van der Waals surface area contributed by atoms with Crippen molar-refractivity contribution in [2.45, 2.75) is 43.9 Å². The lowest BCUT2D eigenvalue weighted by atomic mass is 9.85. The number of hydrogen-bond donors (Lipinski definition) is 1. The smallest absolute Gasteiger partial charge is 0.475 e. The van der Waals surface area contributed by atoms with E-state index in [0.717, 1.165) is 38.9 Å². The van der Waals surface area contributed by atoms with Crippen LogP contribution in [0.2, 0.25) is 0 Å². The van der Waals surface area contributed by atoms with Gasteiger partial charge in [0.05, 0.1) is 6.20 Å². The van der Waals surface area contributed by atoms with E-state index in [2.05, 4.69) is 27.7 Å². The molecule has 0 saturated carbocycles. The Balaban J connectivity index is 0.000000345. The van der Waals surface area contributed by atoms with Crippen LogP contribution in [0.1, 0.15) is 31.2 Å². The molecule has 0 radical (unpaired) electrons. The molecule has 0 aliphatic carbocycles. The van der Waals surface area contributed by atoms with Crippen LogP contribution in [0, 0.1) is 0 Å². The first kappa shape index (κ1) is 21.9. The summed E-state index contributed by atoms with van der Waals surface area (Å²) in [6.45, 7) is 7.55. The first-order valence-corrected chi connectivity index (χ1v) is 8.99. The Labute approximate surface area is 161 Å². The molecule has 28 heavy (non-hydrogen) atoms. The fourth-order valence-corrected chi connectivity index (χ4v) is 3.76. The number of aryl methyl sites for hydroxylation is 1. The predicted molar refractivity (Wildman–Crippen MR) is 95.3 cm³/mol. The van der Waals surface area contributed by atoms with Crippen LogP contribution >= 0.6 is 0 Å². The number of carbonyl (C=O) groups is 2. The van der Waals surface area contributed by atoms with Crippen LogP contribution in [-0.4, -0.2) is 67.9 Å². The van der Waals surface area contributed by atoms with Gasteiger partial charge in [-0.05, 0) is 19.3 Å². The lowest BCUT2D eigenvalue weighted by Crippen LogP contribution is -2.52. The molecule has 3 heterocycles. The number of aliphatic carboxylic acids is 1. The Hall–Kier alpha value is -2.36. The molecule has 2 fully saturated rings. The minimum Gasteiger partial charge on any atom is -0.475 e. The first-order valence-electron chi connectivity index (χ1n) is 8.99. The lowest BCUT2D eigenvalue weighted by molar-refractivity contribution is -0.192. The van der Waals surface area contributed by atoms with E-state index in [0.29, 0.717) is 18.9 Å². The van der Waals surface area contributed by atoms with E-state index in [-0.39, 0.29) is 5.54 Å². The number of rotatable bonds is 4. The Morgan fingerprint density at radius 1 is 1.36 bits per heavy atom. The molecule has 2 aliphatic rings. The molecule has 0 atom stereocenters. The molecule has 156 valence electrons. The fraction of sp³-hybridized carbons (Fsp3) is 0.611. The molecular formula is C18H25F3N4O3. The summed E-state index contributed by atoms with van der Waals surface area (Å²) in [4.78, 5) is 25.5. The van der Waals surface area contributed by atoms with Gasteiger partial charge in [-0.3, -0.25) is 14.4 Å². The highest BCUT2D eigenvalue weighted by Crippen LogP contribution is 2.39. The topological polar surface area (TPSA) is 78.7 Å². The third-order valence-electron chi connectivity index (χ3n) is 5.18. The molecule has 1 aromatic heterocycles. The maximum absolute atomic E-state index is 12.1. The molecule has 1 aromatic rings. The summed E-state index contributed by atoms with van der Waals surface area (Å²) < 4.78 is 33.6. The Morgan fingerprint density at radius 2 is 1.96 bits per heavy atom. The zero-order chi connectivity index (χ0) is 20.9. The summed E-state index contributed by atoms with van der Waals surface area (Å²) in [5.41, 5.74) is 1.36.